The fraction of sp³-hybridized carbons (Fsp3) is 0.842. The number of ether oxygens (including phenoxy) is 1. The van der Waals surface area contributed by atoms with Crippen LogP contribution >= 0.6 is 0 Å². The quantitative estimate of drug-likeness (QED) is 0.404. The Morgan fingerprint density at radius 3 is 1.81 bits per heavy atom. The number of aliphatic carboxylic acids is 1. The lowest BCUT2D eigenvalue weighted by Crippen LogP contribution is -2.39. The monoisotopic (exact) mass is 372 g/mol. The third-order valence-corrected chi connectivity index (χ3v) is 3.68. The molecule has 0 aromatic heterocycles. The molecular formula is C19H36N2O5. The molecule has 152 valence electrons. The maximum Gasteiger partial charge on any atom is 0.408 e. The molecule has 3 N–H and O–H groups in total. The summed E-state index contributed by atoms with van der Waals surface area (Å²) in [5, 5.41) is 13.7. The van der Waals surface area contributed by atoms with Crippen LogP contribution in [0.25, 0.3) is 0 Å². The lowest BCUT2D eigenvalue weighted by molar-refractivity contribution is -0.137. The molecule has 0 rings (SSSR count). The summed E-state index contributed by atoms with van der Waals surface area (Å²) in [6.07, 6.45) is 9.21. The fourth-order valence-corrected chi connectivity index (χ4v) is 2.40. The van der Waals surface area contributed by atoms with Gasteiger partial charge in [0, 0.05) is 13.0 Å². The van der Waals surface area contributed by atoms with Gasteiger partial charge in [0.05, 0.1) is 6.54 Å². The van der Waals surface area contributed by atoms with Gasteiger partial charge in [-0.1, -0.05) is 44.9 Å². The van der Waals surface area contributed by atoms with Crippen molar-refractivity contribution in [2.75, 3.05) is 13.1 Å². The van der Waals surface area contributed by atoms with Gasteiger partial charge in [-0.3, -0.25) is 9.59 Å². The predicted molar refractivity (Wildman–Crippen MR) is 101 cm³/mol. The number of carbonyl (C=O) groups is 3. The molecule has 7 heteroatoms. The normalized spacial score (nSPS) is 11.0. The Morgan fingerprint density at radius 2 is 1.31 bits per heavy atom. The lowest BCUT2D eigenvalue weighted by atomic mass is 10.1. The van der Waals surface area contributed by atoms with Crippen LogP contribution in [0.1, 0.15) is 85.0 Å². The van der Waals surface area contributed by atoms with Crippen molar-refractivity contribution >= 4 is 18.0 Å². The van der Waals surface area contributed by atoms with Crippen LogP contribution in [0.5, 0.6) is 0 Å². The maximum absolute atomic E-state index is 11.6. The van der Waals surface area contributed by atoms with Crippen molar-refractivity contribution in [1.29, 1.82) is 0 Å². The number of rotatable bonds is 14. The number of unbranched alkanes of at least 4 members (excludes halogenated alkanes) is 8. The molecule has 7 nitrogen and oxygen atoms in total. The Hall–Kier alpha value is -1.79. The van der Waals surface area contributed by atoms with Gasteiger partial charge in [-0.2, -0.15) is 0 Å². The highest BCUT2D eigenvalue weighted by atomic mass is 16.6. The smallest absolute Gasteiger partial charge is 0.408 e. The third-order valence-electron chi connectivity index (χ3n) is 3.68. The van der Waals surface area contributed by atoms with Crippen LogP contribution in [-0.2, 0) is 14.3 Å². The van der Waals surface area contributed by atoms with Crippen LogP contribution in [0.15, 0.2) is 0 Å². The zero-order valence-corrected chi connectivity index (χ0v) is 16.6. The minimum Gasteiger partial charge on any atom is -0.481 e. The molecule has 26 heavy (non-hydrogen) atoms. The van der Waals surface area contributed by atoms with Crippen molar-refractivity contribution in [3.05, 3.63) is 0 Å². The topological polar surface area (TPSA) is 105 Å². The highest BCUT2D eigenvalue weighted by Gasteiger charge is 2.16. The van der Waals surface area contributed by atoms with E-state index in [-0.39, 0.29) is 18.9 Å². The van der Waals surface area contributed by atoms with Gasteiger partial charge in [-0.05, 0) is 33.6 Å². The van der Waals surface area contributed by atoms with E-state index in [2.05, 4.69) is 10.6 Å². The second kappa shape index (κ2) is 14.4. The zero-order chi connectivity index (χ0) is 19.8. The summed E-state index contributed by atoms with van der Waals surface area (Å²) in [5.41, 5.74) is -0.570. The van der Waals surface area contributed by atoms with E-state index >= 15 is 0 Å². The number of alkyl carbamates (subject to hydrolysis) is 1. The first-order valence-electron chi connectivity index (χ1n) is 9.66. The van der Waals surface area contributed by atoms with E-state index in [9.17, 15) is 14.4 Å². The summed E-state index contributed by atoms with van der Waals surface area (Å²) in [7, 11) is 0. The number of hydrogen-bond donors (Lipinski definition) is 3. The number of carboxylic acid groups (broad SMARTS) is 1. The highest BCUT2D eigenvalue weighted by molar-refractivity contribution is 5.82. The molecule has 0 aromatic rings. The summed E-state index contributed by atoms with van der Waals surface area (Å²) in [6.45, 7) is 5.85. The van der Waals surface area contributed by atoms with E-state index in [4.69, 9.17) is 9.84 Å². The van der Waals surface area contributed by atoms with Crippen molar-refractivity contribution < 1.29 is 24.2 Å². The number of carboxylic acids is 1. The molecule has 0 saturated heterocycles. The average molecular weight is 373 g/mol. The van der Waals surface area contributed by atoms with Crippen LogP contribution < -0.4 is 10.6 Å². The molecular weight excluding hydrogens is 336 g/mol. The first kappa shape index (κ1) is 24.2. The lowest BCUT2D eigenvalue weighted by Gasteiger charge is -2.19. The molecule has 0 aliphatic heterocycles. The van der Waals surface area contributed by atoms with Crippen LogP contribution in [0, 0.1) is 0 Å². The van der Waals surface area contributed by atoms with Gasteiger partial charge in [0.2, 0.25) is 5.91 Å². The maximum atomic E-state index is 11.6. The molecule has 2 amide bonds. The average Bonchev–Trinajstić information content (AvgIpc) is 2.52. The SMILES string of the molecule is CC(C)(C)OC(=O)NCC(=O)NCCCCCCCCCCCC(=O)O. The molecule has 0 fully saturated rings. The molecule has 0 radical (unpaired) electrons. The highest BCUT2D eigenvalue weighted by Crippen LogP contribution is 2.10. The van der Waals surface area contributed by atoms with Crippen LogP contribution in [0.4, 0.5) is 4.79 Å². The second-order valence-corrected chi connectivity index (χ2v) is 7.53. The van der Waals surface area contributed by atoms with Crippen molar-refractivity contribution in [3.8, 4) is 0 Å². The van der Waals surface area contributed by atoms with Crippen LogP contribution in [0.3, 0.4) is 0 Å². The van der Waals surface area contributed by atoms with Gasteiger partial charge in [0.15, 0.2) is 0 Å². The second-order valence-electron chi connectivity index (χ2n) is 7.53. The van der Waals surface area contributed by atoms with Gasteiger partial charge in [0.25, 0.3) is 0 Å². The number of carbonyl (C=O) groups excluding carboxylic acids is 2. The predicted octanol–water partition coefficient (Wildman–Crippen LogP) is 3.61. The van der Waals surface area contributed by atoms with E-state index in [1.807, 2.05) is 0 Å². The summed E-state index contributed by atoms with van der Waals surface area (Å²) in [5.74, 6) is -0.921. The molecule has 0 atom stereocenters. The van der Waals surface area contributed by atoms with Gasteiger partial charge in [0.1, 0.15) is 5.60 Å². The third kappa shape index (κ3) is 18.5. The minimum absolute atomic E-state index is 0.0726. The van der Waals surface area contributed by atoms with Gasteiger partial charge in [-0.15, -0.1) is 0 Å². The standard InChI is InChI=1S/C19H36N2O5/c1-19(2,3)26-18(25)21-15-16(22)20-14-12-10-8-6-4-5-7-9-11-13-17(23)24/h4-15H2,1-3H3,(H,20,22)(H,21,25)(H,23,24). The molecule has 0 aliphatic carbocycles. The first-order valence-corrected chi connectivity index (χ1v) is 9.66. The summed E-state index contributed by atoms with van der Waals surface area (Å²) < 4.78 is 5.05. The van der Waals surface area contributed by atoms with Gasteiger partial charge in [-0.25, -0.2) is 4.79 Å². The summed E-state index contributed by atoms with van der Waals surface area (Å²) in [4.78, 5) is 33.4. The molecule has 0 heterocycles. The Morgan fingerprint density at radius 1 is 0.808 bits per heavy atom. The largest absolute Gasteiger partial charge is 0.481 e. The van der Waals surface area contributed by atoms with Crippen molar-refractivity contribution in [3.63, 3.8) is 0 Å². The van der Waals surface area contributed by atoms with E-state index < -0.39 is 17.7 Å². The zero-order valence-electron chi connectivity index (χ0n) is 16.6. The van der Waals surface area contributed by atoms with Gasteiger partial charge >= 0.3 is 12.1 Å². The Labute approximate surface area is 157 Å². The minimum atomic E-state index is -0.710. The van der Waals surface area contributed by atoms with E-state index in [0.717, 1.165) is 44.9 Å². The Bertz CT molecular complexity index is 419. The summed E-state index contributed by atoms with van der Waals surface area (Å²) >= 11 is 0. The van der Waals surface area contributed by atoms with Crippen molar-refractivity contribution in [2.45, 2.75) is 90.6 Å². The van der Waals surface area contributed by atoms with E-state index in [1.54, 1.807) is 20.8 Å². The molecule has 0 aliphatic rings. The Kier molecular flexibility index (Phi) is 13.4. The van der Waals surface area contributed by atoms with Crippen molar-refractivity contribution in [2.24, 2.45) is 0 Å². The van der Waals surface area contributed by atoms with E-state index in [0.29, 0.717) is 6.54 Å². The Balaban J connectivity index is 3.35. The molecule has 0 unspecified atom stereocenters. The number of nitrogens with one attached hydrogen (secondary N) is 2. The van der Waals surface area contributed by atoms with E-state index in [1.165, 1.54) is 12.8 Å². The van der Waals surface area contributed by atoms with Crippen molar-refractivity contribution in [1.82, 2.24) is 10.6 Å². The molecule has 0 bridgehead atoms. The fourth-order valence-electron chi connectivity index (χ4n) is 2.40. The van der Waals surface area contributed by atoms with Gasteiger partial charge < -0.3 is 20.5 Å². The first-order chi connectivity index (χ1) is 12.2. The number of amides is 2. The molecule has 0 spiro atoms. The summed E-state index contributed by atoms with van der Waals surface area (Å²) in [6, 6.07) is 0. The molecule has 0 aromatic carbocycles. The van der Waals surface area contributed by atoms with Crippen LogP contribution in [0.2, 0.25) is 0 Å². The number of hydrogen-bond acceptors (Lipinski definition) is 4. The molecule has 0 saturated carbocycles. The van der Waals surface area contributed by atoms with Crippen LogP contribution in [-0.4, -0.2) is 41.8 Å².